The van der Waals surface area contributed by atoms with Crippen molar-refractivity contribution in [3.8, 4) is 5.75 Å². The quantitative estimate of drug-likeness (QED) is 0.453. The molecule has 7 heteroatoms. The molecule has 0 fully saturated rings. The van der Waals surface area contributed by atoms with Gasteiger partial charge in [-0.15, -0.1) is 0 Å². The fourth-order valence-electron chi connectivity index (χ4n) is 3.70. The Labute approximate surface area is 181 Å². The molecule has 0 saturated heterocycles. The lowest BCUT2D eigenvalue weighted by Gasteiger charge is -2.11. The highest BCUT2D eigenvalue weighted by Crippen LogP contribution is 2.24. The highest BCUT2D eigenvalue weighted by Gasteiger charge is 2.15. The summed E-state index contributed by atoms with van der Waals surface area (Å²) in [5, 5.41) is 2.97. The van der Waals surface area contributed by atoms with E-state index in [1.807, 2.05) is 43.5 Å². The zero-order valence-corrected chi connectivity index (χ0v) is 18.1. The molecule has 4 aromatic rings. The number of rotatable bonds is 8. The molecule has 0 bridgehead atoms. The predicted octanol–water partition coefficient (Wildman–Crippen LogP) is 4.65. The smallest absolute Gasteiger partial charge is 0.259 e. The van der Waals surface area contributed by atoms with Crippen molar-refractivity contribution < 1.29 is 9.53 Å². The largest absolute Gasteiger partial charge is 0.496 e. The Morgan fingerprint density at radius 3 is 2.77 bits per heavy atom. The molecule has 0 radical (unpaired) electrons. The Bertz CT molecular complexity index is 1210. The van der Waals surface area contributed by atoms with Crippen LogP contribution in [0, 0.1) is 6.92 Å². The van der Waals surface area contributed by atoms with E-state index < -0.39 is 0 Å². The summed E-state index contributed by atoms with van der Waals surface area (Å²) in [6.07, 6.45) is 5.96. The number of unbranched alkanes of at least 4 members (excludes halogenated alkanes) is 1. The lowest BCUT2D eigenvalue weighted by Crippen LogP contribution is -2.13. The molecule has 1 amide bonds. The van der Waals surface area contributed by atoms with E-state index in [0.29, 0.717) is 23.5 Å². The number of nitrogens with zero attached hydrogens (tertiary/aromatic N) is 4. The Morgan fingerprint density at radius 2 is 2.03 bits per heavy atom. The minimum Gasteiger partial charge on any atom is -0.496 e. The molecule has 2 aromatic heterocycles. The van der Waals surface area contributed by atoms with Crippen molar-refractivity contribution in [2.75, 3.05) is 12.4 Å². The second-order valence-corrected chi connectivity index (χ2v) is 7.49. The third-order valence-corrected chi connectivity index (χ3v) is 5.41. The number of ether oxygens (including phenoxy) is 1. The molecule has 0 aliphatic carbocycles. The number of hydrogen-bond donors (Lipinski definition) is 1. The Hall–Kier alpha value is -3.61. The first kappa shape index (κ1) is 20.7. The summed E-state index contributed by atoms with van der Waals surface area (Å²) < 4.78 is 9.67. The summed E-state index contributed by atoms with van der Waals surface area (Å²) in [5.74, 6) is 2.27. The SMILES string of the molecule is CCCCn1c(Cn2ccnc2C)nc2cc(NC(=O)c3ccccc3OC)ccc21. The van der Waals surface area contributed by atoms with E-state index in [4.69, 9.17) is 9.72 Å². The zero-order chi connectivity index (χ0) is 21.8. The molecule has 2 heterocycles. The van der Waals surface area contributed by atoms with Crippen LogP contribution in [0.5, 0.6) is 5.75 Å². The fraction of sp³-hybridized carbons (Fsp3) is 0.292. The monoisotopic (exact) mass is 417 g/mol. The van der Waals surface area contributed by atoms with Gasteiger partial charge in [-0.2, -0.15) is 0 Å². The standard InChI is InChI=1S/C24H27N5O2/c1-4-5-13-29-21-11-10-18(26-24(30)19-8-6-7-9-22(19)31-3)15-20(21)27-23(29)16-28-14-12-25-17(28)2/h6-12,14-15H,4-5,13,16H2,1-3H3,(H,26,30). The van der Waals surface area contributed by atoms with Crippen molar-refractivity contribution in [3.63, 3.8) is 0 Å². The van der Waals surface area contributed by atoms with Gasteiger partial charge >= 0.3 is 0 Å². The van der Waals surface area contributed by atoms with Gasteiger partial charge in [0.25, 0.3) is 5.91 Å². The molecule has 160 valence electrons. The second kappa shape index (κ2) is 9.04. The minimum atomic E-state index is -0.212. The van der Waals surface area contributed by atoms with Crippen molar-refractivity contribution in [1.29, 1.82) is 0 Å². The molecule has 1 N–H and O–H groups in total. The number of fused-ring (bicyclic) bond motifs is 1. The Morgan fingerprint density at radius 1 is 1.19 bits per heavy atom. The number of nitrogens with one attached hydrogen (secondary N) is 1. The van der Waals surface area contributed by atoms with Gasteiger partial charge in [0.2, 0.25) is 0 Å². The fourth-order valence-corrected chi connectivity index (χ4v) is 3.70. The van der Waals surface area contributed by atoms with Crippen LogP contribution in [0.4, 0.5) is 5.69 Å². The summed E-state index contributed by atoms with van der Waals surface area (Å²) in [5.41, 5.74) is 3.13. The topological polar surface area (TPSA) is 74.0 Å². The van der Waals surface area contributed by atoms with E-state index in [9.17, 15) is 4.79 Å². The van der Waals surface area contributed by atoms with E-state index in [-0.39, 0.29) is 5.91 Å². The predicted molar refractivity (Wildman–Crippen MR) is 122 cm³/mol. The molecule has 4 rings (SSSR count). The van der Waals surface area contributed by atoms with Gasteiger partial charge in [0, 0.05) is 24.6 Å². The lowest BCUT2D eigenvalue weighted by molar-refractivity contribution is 0.102. The molecule has 0 aliphatic heterocycles. The minimum absolute atomic E-state index is 0.212. The van der Waals surface area contributed by atoms with Gasteiger partial charge in [0.05, 0.1) is 30.3 Å². The number of aryl methyl sites for hydroxylation is 2. The number of imidazole rings is 2. The maximum Gasteiger partial charge on any atom is 0.259 e. The van der Waals surface area contributed by atoms with Gasteiger partial charge in [-0.05, 0) is 43.7 Å². The molecule has 0 unspecified atom stereocenters. The van der Waals surface area contributed by atoms with Crippen molar-refractivity contribution in [3.05, 3.63) is 72.1 Å². The summed E-state index contributed by atoms with van der Waals surface area (Å²) in [6, 6.07) is 13.1. The van der Waals surface area contributed by atoms with Gasteiger partial charge in [0.1, 0.15) is 17.4 Å². The van der Waals surface area contributed by atoms with Crippen LogP contribution < -0.4 is 10.1 Å². The second-order valence-electron chi connectivity index (χ2n) is 7.49. The number of amides is 1. The van der Waals surface area contributed by atoms with Gasteiger partial charge in [-0.1, -0.05) is 25.5 Å². The maximum atomic E-state index is 12.8. The molecule has 0 aliphatic rings. The number of anilines is 1. The number of carbonyl (C=O) groups excluding carboxylic acids is 1. The van der Waals surface area contributed by atoms with Gasteiger partial charge in [-0.3, -0.25) is 4.79 Å². The lowest BCUT2D eigenvalue weighted by atomic mass is 10.2. The van der Waals surface area contributed by atoms with Gasteiger partial charge < -0.3 is 19.2 Å². The molecule has 0 spiro atoms. The van der Waals surface area contributed by atoms with Crippen molar-refractivity contribution in [1.82, 2.24) is 19.1 Å². The molecule has 31 heavy (non-hydrogen) atoms. The van der Waals surface area contributed by atoms with E-state index in [1.165, 1.54) is 0 Å². The molecule has 0 saturated carbocycles. The first-order chi connectivity index (χ1) is 15.1. The summed E-state index contributed by atoms with van der Waals surface area (Å²) in [6.45, 7) is 5.74. The molecule has 0 atom stereocenters. The third kappa shape index (κ3) is 4.30. The number of hydrogen-bond acceptors (Lipinski definition) is 4. The average molecular weight is 418 g/mol. The van der Waals surface area contributed by atoms with Crippen LogP contribution in [0.3, 0.4) is 0 Å². The number of aromatic nitrogens is 4. The van der Waals surface area contributed by atoms with Crippen molar-refractivity contribution in [2.24, 2.45) is 0 Å². The number of carbonyl (C=O) groups is 1. The third-order valence-electron chi connectivity index (χ3n) is 5.41. The van der Waals surface area contributed by atoms with Crippen LogP contribution in [0.2, 0.25) is 0 Å². The summed E-state index contributed by atoms with van der Waals surface area (Å²) in [4.78, 5) is 22.0. The van der Waals surface area contributed by atoms with Crippen LogP contribution in [-0.2, 0) is 13.1 Å². The molecular formula is C24H27N5O2. The van der Waals surface area contributed by atoms with Gasteiger partial charge in [-0.25, -0.2) is 9.97 Å². The zero-order valence-electron chi connectivity index (χ0n) is 18.1. The van der Waals surface area contributed by atoms with Crippen LogP contribution in [0.15, 0.2) is 54.9 Å². The molecule has 7 nitrogen and oxygen atoms in total. The van der Waals surface area contributed by atoms with E-state index >= 15 is 0 Å². The number of benzene rings is 2. The molecular weight excluding hydrogens is 390 g/mol. The molecule has 2 aromatic carbocycles. The van der Waals surface area contributed by atoms with Crippen LogP contribution >= 0.6 is 0 Å². The van der Waals surface area contributed by atoms with Crippen molar-refractivity contribution >= 4 is 22.6 Å². The maximum absolute atomic E-state index is 12.8. The first-order valence-corrected chi connectivity index (χ1v) is 10.5. The van der Waals surface area contributed by atoms with E-state index in [0.717, 1.165) is 42.1 Å². The normalized spacial score (nSPS) is 11.1. The highest BCUT2D eigenvalue weighted by molar-refractivity contribution is 6.06. The Balaban J connectivity index is 1.65. The van der Waals surface area contributed by atoms with Crippen molar-refractivity contribution in [2.45, 2.75) is 39.8 Å². The van der Waals surface area contributed by atoms with E-state index in [2.05, 4.69) is 26.4 Å². The van der Waals surface area contributed by atoms with E-state index in [1.54, 1.807) is 25.4 Å². The van der Waals surface area contributed by atoms with Crippen LogP contribution in [-0.4, -0.2) is 32.1 Å². The average Bonchev–Trinajstić information content (AvgIpc) is 3.34. The summed E-state index contributed by atoms with van der Waals surface area (Å²) in [7, 11) is 1.56. The summed E-state index contributed by atoms with van der Waals surface area (Å²) >= 11 is 0. The van der Waals surface area contributed by atoms with Crippen LogP contribution in [0.25, 0.3) is 11.0 Å². The first-order valence-electron chi connectivity index (χ1n) is 10.5. The number of para-hydroxylation sites is 1. The number of methoxy groups -OCH3 is 1. The highest BCUT2D eigenvalue weighted by atomic mass is 16.5. The Kier molecular flexibility index (Phi) is 6.02. The van der Waals surface area contributed by atoms with Gasteiger partial charge in [0.15, 0.2) is 0 Å². The van der Waals surface area contributed by atoms with Crippen LogP contribution in [0.1, 0.15) is 41.8 Å².